The lowest BCUT2D eigenvalue weighted by Crippen LogP contribution is -2.03. The fourth-order valence-corrected chi connectivity index (χ4v) is 0.614. The molecule has 1 rings (SSSR count). The molecule has 0 aliphatic heterocycles. The highest BCUT2D eigenvalue weighted by molar-refractivity contribution is 5.90. The number of hydrogen-bond acceptors (Lipinski definition) is 6. The van der Waals surface area contributed by atoms with Crippen LogP contribution in [0.2, 0.25) is 0 Å². The van der Waals surface area contributed by atoms with Crippen LogP contribution in [0.3, 0.4) is 0 Å². The van der Waals surface area contributed by atoms with Crippen molar-refractivity contribution < 1.29 is 5.21 Å². The van der Waals surface area contributed by atoms with E-state index in [-0.39, 0.29) is 11.6 Å². The lowest BCUT2D eigenvalue weighted by molar-refractivity contribution is 0.322. The summed E-state index contributed by atoms with van der Waals surface area (Å²) in [6.45, 7) is 0. The molecule has 0 aliphatic rings. The van der Waals surface area contributed by atoms with Crippen molar-refractivity contribution in [3.05, 3.63) is 11.9 Å². The van der Waals surface area contributed by atoms with E-state index >= 15 is 0 Å². The lowest BCUT2D eigenvalue weighted by Gasteiger charge is -1.98. The molecule has 0 fully saturated rings. The summed E-state index contributed by atoms with van der Waals surface area (Å²) in [5.41, 5.74) is 11.1. The molecule has 0 saturated carbocycles. The van der Waals surface area contributed by atoms with Crippen molar-refractivity contribution >= 4 is 17.9 Å². The number of nitrogen functional groups attached to an aromatic ring is 2. The molecule has 58 valence electrons. The Morgan fingerprint density at radius 1 is 1.36 bits per heavy atom. The van der Waals surface area contributed by atoms with E-state index < -0.39 is 0 Å². The van der Waals surface area contributed by atoms with Gasteiger partial charge in [-0.3, -0.25) is 0 Å². The van der Waals surface area contributed by atoms with Gasteiger partial charge in [-0.25, -0.2) is 9.97 Å². The van der Waals surface area contributed by atoms with Crippen LogP contribution in [-0.4, -0.2) is 21.4 Å². The highest BCUT2D eigenvalue weighted by Gasteiger charge is 2.01. The molecule has 0 radical (unpaired) electrons. The van der Waals surface area contributed by atoms with Gasteiger partial charge in [0, 0.05) is 0 Å². The van der Waals surface area contributed by atoms with Gasteiger partial charge in [-0.2, -0.15) is 0 Å². The molecule has 0 amide bonds. The summed E-state index contributed by atoms with van der Waals surface area (Å²) in [7, 11) is 0. The van der Waals surface area contributed by atoms with Gasteiger partial charge in [0.2, 0.25) is 0 Å². The van der Waals surface area contributed by atoms with Crippen molar-refractivity contribution in [3.8, 4) is 0 Å². The van der Waals surface area contributed by atoms with Gasteiger partial charge in [-0.1, -0.05) is 5.16 Å². The minimum atomic E-state index is 0.190. The van der Waals surface area contributed by atoms with Crippen molar-refractivity contribution in [3.63, 3.8) is 0 Å². The molecule has 0 aliphatic carbocycles. The Balaban J connectivity index is 3.20. The first-order chi connectivity index (χ1) is 5.25. The number of aromatic nitrogens is 2. The third kappa shape index (κ3) is 1.34. The molecule has 0 bridgehead atoms. The zero-order valence-electron chi connectivity index (χ0n) is 5.60. The van der Waals surface area contributed by atoms with Crippen molar-refractivity contribution in [1.29, 1.82) is 0 Å². The second-order valence-electron chi connectivity index (χ2n) is 1.80. The van der Waals surface area contributed by atoms with E-state index in [1.54, 1.807) is 0 Å². The van der Waals surface area contributed by atoms with Crippen molar-refractivity contribution in [2.24, 2.45) is 5.16 Å². The average molecular weight is 153 g/mol. The number of hydrogen-bond donors (Lipinski definition) is 3. The molecular formula is C5H7N5O. The quantitative estimate of drug-likeness (QED) is 0.285. The van der Waals surface area contributed by atoms with Crippen molar-refractivity contribution in [2.75, 3.05) is 11.5 Å². The number of rotatable bonds is 1. The molecule has 0 atom stereocenters. The molecule has 1 aromatic rings. The highest BCUT2D eigenvalue weighted by atomic mass is 16.4. The first kappa shape index (κ1) is 7.26. The second kappa shape index (κ2) is 2.82. The number of oxime groups is 1. The summed E-state index contributed by atoms with van der Waals surface area (Å²) in [6, 6.07) is 0. The number of anilines is 2. The highest BCUT2D eigenvalue weighted by Crippen LogP contribution is 2.09. The SMILES string of the molecule is Nc1ncnc(N)c1/C=N/O. The predicted octanol–water partition coefficient (Wildman–Crippen LogP) is -0.551. The summed E-state index contributed by atoms with van der Waals surface area (Å²) >= 11 is 0. The maximum atomic E-state index is 8.17. The lowest BCUT2D eigenvalue weighted by atomic mass is 10.3. The Bertz CT molecular complexity index is 264. The van der Waals surface area contributed by atoms with E-state index in [9.17, 15) is 0 Å². The Kier molecular flexibility index (Phi) is 1.86. The van der Waals surface area contributed by atoms with E-state index in [0.717, 1.165) is 6.21 Å². The molecule has 6 heteroatoms. The van der Waals surface area contributed by atoms with E-state index in [1.807, 2.05) is 0 Å². The van der Waals surface area contributed by atoms with Crippen LogP contribution in [0.5, 0.6) is 0 Å². The molecule has 0 spiro atoms. The van der Waals surface area contributed by atoms with Gasteiger partial charge in [-0.05, 0) is 0 Å². The number of nitrogens with two attached hydrogens (primary N) is 2. The summed E-state index contributed by atoms with van der Waals surface area (Å²) < 4.78 is 0. The minimum Gasteiger partial charge on any atom is -0.411 e. The fraction of sp³-hybridized carbons (Fsp3) is 0. The fourth-order valence-electron chi connectivity index (χ4n) is 0.614. The summed E-state index contributed by atoms with van der Waals surface area (Å²) in [4.78, 5) is 7.29. The van der Waals surface area contributed by atoms with Crippen LogP contribution in [0, 0.1) is 0 Å². The molecule has 11 heavy (non-hydrogen) atoms. The molecule has 1 aromatic heterocycles. The van der Waals surface area contributed by atoms with E-state index in [0.29, 0.717) is 5.56 Å². The Morgan fingerprint density at radius 3 is 2.36 bits per heavy atom. The van der Waals surface area contributed by atoms with Gasteiger partial charge < -0.3 is 16.7 Å². The number of nitrogens with zero attached hydrogens (tertiary/aromatic N) is 3. The minimum absolute atomic E-state index is 0.190. The van der Waals surface area contributed by atoms with Gasteiger partial charge in [-0.15, -0.1) is 0 Å². The predicted molar refractivity (Wildman–Crippen MR) is 40.2 cm³/mol. The van der Waals surface area contributed by atoms with Crippen molar-refractivity contribution in [2.45, 2.75) is 0 Å². The van der Waals surface area contributed by atoms with E-state index in [2.05, 4.69) is 15.1 Å². The Morgan fingerprint density at radius 2 is 1.91 bits per heavy atom. The van der Waals surface area contributed by atoms with Crippen LogP contribution in [0.1, 0.15) is 5.56 Å². The van der Waals surface area contributed by atoms with Gasteiger partial charge in [0.25, 0.3) is 0 Å². The van der Waals surface area contributed by atoms with Crippen LogP contribution >= 0.6 is 0 Å². The smallest absolute Gasteiger partial charge is 0.137 e. The third-order valence-corrected chi connectivity index (χ3v) is 1.13. The van der Waals surface area contributed by atoms with Crippen LogP contribution in [-0.2, 0) is 0 Å². The van der Waals surface area contributed by atoms with Crippen LogP contribution in [0.25, 0.3) is 0 Å². The van der Waals surface area contributed by atoms with Crippen LogP contribution in [0.15, 0.2) is 11.5 Å². The maximum absolute atomic E-state index is 8.17. The van der Waals surface area contributed by atoms with Gasteiger partial charge in [0.1, 0.15) is 18.0 Å². The molecule has 0 saturated heterocycles. The van der Waals surface area contributed by atoms with Crippen LogP contribution in [0.4, 0.5) is 11.6 Å². The maximum Gasteiger partial charge on any atom is 0.137 e. The molecular weight excluding hydrogens is 146 g/mol. The van der Waals surface area contributed by atoms with E-state index in [1.165, 1.54) is 6.33 Å². The average Bonchev–Trinajstić information content (AvgIpc) is 1.97. The Labute approximate surface area is 62.6 Å². The molecule has 5 N–H and O–H groups in total. The second-order valence-corrected chi connectivity index (χ2v) is 1.80. The van der Waals surface area contributed by atoms with Gasteiger partial charge in [0.15, 0.2) is 0 Å². The Hall–Kier alpha value is -1.85. The molecule has 0 unspecified atom stereocenters. The monoisotopic (exact) mass is 153 g/mol. The third-order valence-electron chi connectivity index (χ3n) is 1.13. The largest absolute Gasteiger partial charge is 0.411 e. The van der Waals surface area contributed by atoms with Gasteiger partial charge >= 0.3 is 0 Å². The molecule has 6 nitrogen and oxygen atoms in total. The first-order valence-corrected chi connectivity index (χ1v) is 2.79. The van der Waals surface area contributed by atoms with E-state index in [4.69, 9.17) is 16.7 Å². The standard InChI is InChI=1S/C5H7N5O/c6-4-3(1-10-11)5(7)9-2-8-4/h1-2,11H,(H4,6,7,8,9)/b10-1+. The molecule has 1 heterocycles. The summed E-state index contributed by atoms with van der Waals surface area (Å²) in [6.07, 6.45) is 2.32. The zero-order chi connectivity index (χ0) is 8.27. The van der Waals surface area contributed by atoms with Gasteiger partial charge in [0.05, 0.1) is 11.8 Å². The summed E-state index contributed by atoms with van der Waals surface area (Å²) in [5, 5.41) is 10.9. The first-order valence-electron chi connectivity index (χ1n) is 2.79. The van der Waals surface area contributed by atoms with Crippen LogP contribution < -0.4 is 11.5 Å². The zero-order valence-corrected chi connectivity index (χ0v) is 5.60. The topological polar surface area (TPSA) is 110 Å². The summed E-state index contributed by atoms with van der Waals surface area (Å²) in [5.74, 6) is 0.380. The normalized spacial score (nSPS) is 10.5. The van der Waals surface area contributed by atoms with Crippen molar-refractivity contribution in [1.82, 2.24) is 9.97 Å². The molecule has 0 aromatic carbocycles.